The monoisotopic (exact) mass is 411 g/mol. The molecule has 0 atom stereocenters. The molecule has 9 heteroatoms. The summed E-state index contributed by atoms with van der Waals surface area (Å²) in [6, 6.07) is 5.33. The first-order valence-electron chi connectivity index (χ1n) is 7.22. The van der Waals surface area contributed by atoms with Gasteiger partial charge in [0.25, 0.3) is 0 Å². The van der Waals surface area contributed by atoms with Crippen LogP contribution in [0.1, 0.15) is 17.4 Å². The lowest BCUT2D eigenvalue weighted by Crippen LogP contribution is -2.29. The van der Waals surface area contributed by atoms with Crippen molar-refractivity contribution >= 4 is 45.1 Å². The molecule has 1 heterocycles. The van der Waals surface area contributed by atoms with Crippen LogP contribution in [0.4, 0.5) is 15.8 Å². The van der Waals surface area contributed by atoms with Crippen LogP contribution in [0.25, 0.3) is 0 Å². The van der Waals surface area contributed by atoms with Crippen LogP contribution in [0.15, 0.2) is 34.9 Å². The maximum absolute atomic E-state index is 13.6. The summed E-state index contributed by atoms with van der Waals surface area (Å²) in [5, 5.41) is 4.52. The van der Waals surface area contributed by atoms with Crippen LogP contribution in [0.5, 0.6) is 0 Å². The zero-order valence-electron chi connectivity index (χ0n) is 13.4. The van der Waals surface area contributed by atoms with Gasteiger partial charge in [-0.3, -0.25) is 9.59 Å². The minimum atomic E-state index is -1.04. The molecule has 0 bridgehead atoms. The molecule has 2 N–H and O–H groups in total. The highest BCUT2D eigenvalue weighted by molar-refractivity contribution is 9.10. The molecule has 0 fully saturated rings. The Labute approximate surface area is 151 Å². The highest BCUT2D eigenvalue weighted by Gasteiger charge is 2.19. The van der Waals surface area contributed by atoms with Gasteiger partial charge in [0, 0.05) is 17.7 Å². The summed E-state index contributed by atoms with van der Waals surface area (Å²) < 4.78 is 20.5. The summed E-state index contributed by atoms with van der Waals surface area (Å²) in [6.07, 6.45) is 1.46. The van der Waals surface area contributed by atoms with Crippen LogP contribution in [-0.2, 0) is 21.4 Å². The standard InChI is InChI=1S/C16H15BrFN3O4/c1-3-25-16(24)13-7-10(8-21(13)2)19-14(22)15(23)20-12-6-9(17)4-5-11(12)18/h4-8H,3H2,1-2H3,(H,19,22)(H,20,23). The van der Waals surface area contributed by atoms with Crippen molar-refractivity contribution in [3.8, 4) is 0 Å². The highest BCUT2D eigenvalue weighted by atomic mass is 79.9. The van der Waals surface area contributed by atoms with Gasteiger partial charge >= 0.3 is 17.8 Å². The molecular formula is C16H15BrFN3O4. The number of amides is 2. The van der Waals surface area contributed by atoms with Gasteiger partial charge in [-0.15, -0.1) is 0 Å². The number of aromatic nitrogens is 1. The largest absolute Gasteiger partial charge is 0.461 e. The van der Waals surface area contributed by atoms with Gasteiger partial charge in [0.2, 0.25) is 0 Å². The fourth-order valence-corrected chi connectivity index (χ4v) is 2.36. The average molecular weight is 412 g/mol. The zero-order valence-corrected chi connectivity index (χ0v) is 15.0. The number of esters is 1. The van der Waals surface area contributed by atoms with Gasteiger partial charge in [-0.05, 0) is 31.2 Å². The number of hydrogen-bond acceptors (Lipinski definition) is 4. The highest BCUT2D eigenvalue weighted by Crippen LogP contribution is 2.20. The van der Waals surface area contributed by atoms with E-state index < -0.39 is 23.6 Å². The number of nitrogens with zero attached hydrogens (tertiary/aromatic N) is 1. The van der Waals surface area contributed by atoms with Gasteiger partial charge in [-0.25, -0.2) is 9.18 Å². The molecule has 1 aromatic carbocycles. The van der Waals surface area contributed by atoms with E-state index in [1.807, 2.05) is 0 Å². The van der Waals surface area contributed by atoms with Crippen molar-refractivity contribution in [3.63, 3.8) is 0 Å². The summed E-state index contributed by atoms with van der Waals surface area (Å²) in [7, 11) is 1.60. The fraction of sp³-hybridized carbons (Fsp3) is 0.188. The van der Waals surface area contributed by atoms with Crippen molar-refractivity contribution < 1.29 is 23.5 Å². The lowest BCUT2D eigenvalue weighted by molar-refractivity contribution is -0.133. The number of ether oxygens (including phenoxy) is 1. The van der Waals surface area contributed by atoms with Crippen LogP contribution in [0.3, 0.4) is 0 Å². The Morgan fingerprint density at radius 1 is 1.20 bits per heavy atom. The van der Waals surface area contributed by atoms with Gasteiger partial charge in [-0.1, -0.05) is 15.9 Å². The van der Waals surface area contributed by atoms with Crippen molar-refractivity contribution in [3.05, 3.63) is 46.4 Å². The predicted molar refractivity (Wildman–Crippen MR) is 92.7 cm³/mol. The van der Waals surface area contributed by atoms with E-state index in [9.17, 15) is 18.8 Å². The van der Waals surface area contributed by atoms with Gasteiger partial charge in [0.15, 0.2) is 0 Å². The molecule has 0 aliphatic carbocycles. The van der Waals surface area contributed by atoms with E-state index >= 15 is 0 Å². The molecule has 132 valence electrons. The van der Waals surface area contributed by atoms with Crippen LogP contribution < -0.4 is 10.6 Å². The van der Waals surface area contributed by atoms with Crippen LogP contribution in [-0.4, -0.2) is 29.0 Å². The number of halogens is 2. The Hall–Kier alpha value is -2.68. The van der Waals surface area contributed by atoms with E-state index in [4.69, 9.17) is 4.74 Å². The van der Waals surface area contributed by atoms with Crippen molar-refractivity contribution in [2.75, 3.05) is 17.2 Å². The van der Waals surface area contributed by atoms with Crippen molar-refractivity contribution in [1.82, 2.24) is 4.57 Å². The van der Waals surface area contributed by atoms with E-state index in [1.54, 1.807) is 14.0 Å². The third kappa shape index (κ3) is 4.66. The first-order chi connectivity index (χ1) is 11.8. The van der Waals surface area contributed by atoms with E-state index in [2.05, 4.69) is 26.6 Å². The summed E-state index contributed by atoms with van der Waals surface area (Å²) in [5.74, 6) is -3.27. The summed E-state index contributed by atoms with van der Waals surface area (Å²) in [4.78, 5) is 35.6. The van der Waals surface area contributed by atoms with E-state index in [-0.39, 0.29) is 23.7 Å². The van der Waals surface area contributed by atoms with Crippen LogP contribution in [0.2, 0.25) is 0 Å². The molecule has 2 aromatic rings. The second-order valence-corrected chi connectivity index (χ2v) is 5.89. The summed E-state index contributed by atoms with van der Waals surface area (Å²) in [6.45, 7) is 1.89. The van der Waals surface area contributed by atoms with Crippen molar-refractivity contribution in [2.45, 2.75) is 6.92 Å². The van der Waals surface area contributed by atoms with Crippen LogP contribution in [0, 0.1) is 5.82 Å². The first-order valence-corrected chi connectivity index (χ1v) is 8.02. The molecule has 0 radical (unpaired) electrons. The van der Waals surface area contributed by atoms with Gasteiger partial charge in [0.05, 0.1) is 18.0 Å². The van der Waals surface area contributed by atoms with E-state index in [1.165, 1.54) is 29.0 Å². The number of carbonyl (C=O) groups excluding carboxylic acids is 3. The van der Waals surface area contributed by atoms with Crippen LogP contribution >= 0.6 is 15.9 Å². The minimum Gasteiger partial charge on any atom is -0.461 e. The maximum Gasteiger partial charge on any atom is 0.355 e. The number of carbonyl (C=O) groups is 3. The molecule has 1 aromatic heterocycles. The molecule has 2 rings (SSSR count). The topological polar surface area (TPSA) is 89.4 Å². The summed E-state index contributed by atoms with van der Waals surface area (Å²) >= 11 is 3.15. The fourth-order valence-electron chi connectivity index (χ4n) is 2.00. The lowest BCUT2D eigenvalue weighted by Gasteiger charge is -2.06. The van der Waals surface area contributed by atoms with Gasteiger partial charge < -0.3 is 19.9 Å². The third-order valence-electron chi connectivity index (χ3n) is 3.13. The maximum atomic E-state index is 13.6. The molecule has 0 spiro atoms. The Kier molecular flexibility index (Phi) is 5.92. The minimum absolute atomic E-state index is 0.130. The molecule has 0 saturated carbocycles. The molecule has 7 nitrogen and oxygen atoms in total. The number of aryl methyl sites for hydroxylation is 1. The zero-order chi connectivity index (χ0) is 18.6. The van der Waals surface area contributed by atoms with Gasteiger partial charge in [-0.2, -0.15) is 0 Å². The molecule has 25 heavy (non-hydrogen) atoms. The van der Waals surface area contributed by atoms with Crippen molar-refractivity contribution in [2.24, 2.45) is 7.05 Å². The smallest absolute Gasteiger partial charge is 0.355 e. The van der Waals surface area contributed by atoms with E-state index in [0.29, 0.717) is 4.47 Å². The normalized spacial score (nSPS) is 10.2. The first kappa shape index (κ1) is 18.7. The number of rotatable bonds is 4. The quantitative estimate of drug-likeness (QED) is 0.597. The Balaban J connectivity index is 2.06. The third-order valence-corrected chi connectivity index (χ3v) is 3.62. The molecule has 0 aliphatic rings. The molecule has 0 saturated heterocycles. The number of anilines is 2. The van der Waals surface area contributed by atoms with E-state index in [0.717, 1.165) is 6.07 Å². The van der Waals surface area contributed by atoms with Crippen molar-refractivity contribution in [1.29, 1.82) is 0 Å². The SMILES string of the molecule is CCOC(=O)c1cc(NC(=O)C(=O)Nc2cc(Br)ccc2F)cn1C. The number of benzene rings is 1. The molecule has 0 unspecified atom stereocenters. The molecular weight excluding hydrogens is 397 g/mol. The molecule has 2 amide bonds. The van der Waals surface area contributed by atoms with Gasteiger partial charge in [0.1, 0.15) is 11.5 Å². The number of nitrogens with one attached hydrogen (secondary N) is 2. The summed E-state index contributed by atoms with van der Waals surface area (Å²) in [5.41, 5.74) is 0.325. The Bertz CT molecular complexity index is 835. The second-order valence-electron chi connectivity index (χ2n) is 4.98. The Morgan fingerprint density at radius 3 is 2.56 bits per heavy atom. The second kappa shape index (κ2) is 7.93. The predicted octanol–water partition coefficient (Wildman–Crippen LogP) is 2.68. The Morgan fingerprint density at radius 2 is 1.88 bits per heavy atom. The average Bonchev–Trinajstić information content (AvgIpc) is 2.91. The molecule has 0 aliphatic heterocycles. The number of hydrogen-bond donors (Lipinski definition) is 2. The lowest BCUT2D eigenvalue weighted by atomic mass is 10.3.